The van der Waals surface area contributed by atoms with E-state index in [2.05, 4.69) is 44.8 Å². The number of hydrogen-bond acceptors (Lipinski definition) is 1. The first-order chi connectivity index (χ1) is 13.3. The van der Waals surface area contributed by atoms with Crippen molar-refractivity contribution in [3.05, 3.63) is 84.1 Å². The smallest absolute Gasteiger partial charge is 0.195 e. The van der Waals surface area contributed by atoms with Gasteiger partial charge in [-0.1, -0.05) is 83.0 Å². The topological polar surface area (TPSA) is 22.0 Å². The third-order valence-electron chi connectivity index (χ3n) is 5.10. The molecule has 0 amide bonds. The molecule has 27 heavy (non-hydrogen) atoms. The van der Waals surface area contributed by atoms with Crippen LogP contribution in [0.15, 0.2) is 72.9 Å². The summed E-state index contributed by atoms with van der Waals surface area (Å²) in [6.07, 6.45) is 5.53. The van der Waals surface area contributed by atoms with Gasteiger partial charge >= 0.3 is 0 Å². The molecule has 0 spiro atoms. The van der Waals surface area contributed by atoms with Crippen LogP contribution in [0.5, 0.6) is 0 Å². The van der Waals surface area contributed by atoms with Crippen LogP contribution in [0, 0.1) is 0 Å². The van der Waals surface area contributed by atoms with Gasteiger partial charge in [0.15, 0.2) is 5.78 Å². The van der Waals surface area contributed by atoms with Crippen molar-refractivity contribution in [1.82, 2.24) is 4.57 Å². The maximum atomic E-state index is 13.4. The fourth-order valence-electron chi connectivity index (χ4n) is 3.73. The largest absolute Gasteiger partial charge is 0.347 e. The Morgan fingerprint density at radius 2 is 1.52 bits per heavy atom. The van der Waals surface area contributed by atoms with Gasteiger partial charge in [0, 0.05) is 40.1 Å². The van der Waals surface area contributed by atoms with E-state index in [9.17, 15) is 4.79 Å². The summed E-state index contributed by atoms with van der Waals surface area (Å²) in [5.41, 5.74) is 2.71. The van der Waals surface area contributed by atoms with Crippen LogP contribution in [0.4, 0.5) is 0 Å². The van der Waals surface area contributed by atoms with E-state index in [0.717, 1.165) is 51.1 Å². The molecule has 1 aromatic heterocycles. The van der Waals surface area contributed by atoms with Gasteiger partial charge in [0.05, 0.1) is 0 Å². The first-order valence-electron chi connectivity index (χ1n) is 9.46. The third-order valence-corrected chi connectivity index (χ3v) is 5.66. The van der Waals surface area contributed by atoms with Crippen LogP contribution in [0.25, 0.3) is 21.7 Å². The Bertz CT molecular complexity index is 1090. The lowest BCUT2D eigenvalue weighted by Crippen LogP contribution is -2.02. The Labute approximate surface area is 167 Å². The number of fused-ring (bicyclic) bond motifs is 2. The molecule has 1 heterocycles. The van der Waals surface area contributed by atoms with E-state index in [4.69, 9.17) is 0 Å². The van der Waals surface area contributed by atoms with E-state index >= 15 is 0 Å². The second-order valence-corrected chi connectivity index (χ2v) is 7.65. The summed E-state index contributed by atoms with van der Waals surface area (Å²) in [6.45, 7) is 0.941. The van der Waals surface area contributed by atoms with Crippen LogP contribution in [0.1, 0.15) is 35.2 Å². The molecule has 0 N–H and O–H groups in total. The minimum Gasteiger partial charge on any atom is -0.347 e. The Hall–Kier alpha value is -2.39. The van der Waals surface area contributed by atoms with E-state index in [0.29, 0.717) is 0 Å². The first-order valence-corrected chi connectivity index (χ1v) is 10.6. The highest BCUT2D eigenvalue weighted by Gasteiger charge is 2.18. The molecule has 0 radical (unpaired) electrons. The fraction of sp³-hybridized carbons (Fsp3) is 0.208. The Balaban J connectivity index is 1.75. The van der Waals surface area contributed by atoms with E-state index < -0.39 is 0 Å². The molecule has 0 aliphatic rings. The summed E-state index contributed by atoms with van der Waals surface area (Å²) in [6, 6.07) is 22.3. The predicted octanol–water partition coefficient (Wildman–Crippen LogP) is 6.59. The number of para-hydroxylation sites is 1. The zero-order valence-electron chi connectivity index (χ0n) is 15.2. The van der Waals surface area contributed by atoms with Crippen LogP contribution < -0.4 is 0 Å². The van der Waals surface area contributed by atoms with Crippen LogP contribution in [-0.2, 0) is 6.54 Å². The van der Waals surface area contributed by atoms with E-state index in [-0.39, 0.29) is 5.78 Å². The lowest BCUT2D eigenvalue weighted by molar-refractivity contribution is 0.104. The zero-order valence-corrected chi connectivity index (χ0v) is 16.8. The minimum absolute atomic E-state index is 0.0993. The maximum Gasteiger partial charge on any atom is 0.195 e. The number of benzene rings is 3. The van der Waals surface area contributed by atoms with Crippen molar-refractivity contribution in [1.29, 1.82) is 0 Å². The lowest BCUT2D eigenvalue weighted by atomic mass is 9.97. The van der Waals surface area contributed by atoms with Crippen molar-refractivity contribution in [2.45, 2.75) is 25.8 Å². The molecule has 4 aromatic rings. The molecule has 3 heteroatoms. The van der Waals surface area contributed by atoms with E-state index in [1.807, 2.05) is 48.7 Å². The second-order valence-electron chi connectivity index (χ2n) is 6.86. The molecule has 0 unspecified atom stereocenters. The minimum atomic E-state index is 0.0993. The van der Waals surface area contributed by atoms with Gasteiger partial charge in [-0.25, -0.2) is 0 Å². The number of unbranched alkanes of at least 4 members (excludes halogenated alkanes) is 2. The summed E-state index contributed by atoms with van der Waals surface area (Å²) >= 11 is 3.49. The van der Waals surface area contributed by atoms with Crippen LogP contribution in [-0.4, -0.2) is 15.7 Å². The number of halogens is 1. The standard InChI is InChI=1S/C24H22BrNO/c25-15-6-1-7-16-26-17-22(20-12-4-5-14-23(20)26)24(27)21-13-8-10-18-9-2-3-11-19(18)21/h2-5,8-14,17H,1,6-7,15-16H2. The zero-order chi connectivity index (χ0) is 18.6. The number of alkyl halides is 1. The molecule has 0 saturated carbocycles. The van der Waals surface area contributed by atoms with Gasteiger partial charge in [-0.05, 0) is 29.7 Å². The molecule has 0 aliphatic carbocycles. The summed E-state index contributed by atoms with van der Waals surface area (Å²) < 4.78 is 2.24. The number of aromatic nitrogens is 1. The van der Waals surface area contributed by atoms with E-state index in [1.165, 1.54) is 12.8 Å². The molecular formula is C24H22BrNO. The van der Waals surface area contributed by atoms with Crippen molar-refractivity contribution < 1.29 is 4.79 Å². The number of carbonyl (C=O) groups is 1. The Morgan fingerprint density at radius 3 is 2.37 bits per heavy atom. The predicted molar refractivity (Wildman–Crippen MR) is 117 cm³/mol. The highest BCUT2D eigenvalue weighted by Crippen LogP contribution is 2.27. The van der Waals surface area contributed by atoms with Gasteiger partial charge in [-0.3, -0.25) is 4.79 Å². The summed E-state index contributed by atoms with van der Waals surface area (Å²) in [5, 5.41) is 4.20. The molecule has 0 fully saturated rings. The quantitative estimate of drug-likeness (QED) is 0.188. The molecule has 0 atom stereocenters. The number of hydrogen-bond donors (Lipinski definition) is 0. The van der Waals surface area contributed by atoms with E-state index in [1.54, 1.807) is 0 Å². The molecule has 0 saturated heterocycles. The maximum absolute atomic E-state index is 13.4. The number of ketones is 1. The molecule has 0 bridgehead atoms. The summed E-state index contributed by atoms with van der Waals surface area (Å²) in [4.78, 5) is 13.4. The molecule has 136 valence electrons. The SMILES string of the molecule is O=C(c1cccc2ccccc12)c1cn(CCCCCBr)c2ccccc12. The van der Waals surface area contributed by atoms with Gasteiger partial charge < -0.3 is 4.57 Å². The molecule has 0 aliphatic heterocycles. The molecule has 3 aromatic carbocycles. The van der Waals surface area contributed by atoms with Gasteiger partial charge in [0.2, 0.25) is 0 Å². The van der Waals surface area contributed by atoms with Crippen LogP contribution in [0.2, 0.25) is 0 Å². The first kappa shape index (κ1) is 18.0. The van der Waals surface area contributed by atoms with Crippen LogP contribution >= 0.6 is 15.9 Å². The molecular weight excluding hydrogens is 398 g/mol. The summed E-state index contributed by atoms with van der Waals surface area (Å²) in [7, 11) is 0. The number of carbonyl (C=O) groups excluding carboxylic acids is 1. The van der Waals surface area contributed by atoms with Gasteiger partial charge in [0.1, 0.15) is 0 Å². The second kappa shape index (κ2) is 8.10. The monoisotopic (exact) mass is 419 g/mol. The number of aryl methyl sites for hydroxylation is 1. The van der Waals surface area contributed by atoms with Crippen molar-refractivity contribution >= 4 is 43.4 Å². The third kappa shape index (κ3) is 3.57. The average Bonchev–Trinajstić information content (AvgIpc) is 3.09. The van der Waals surface area contributed by atoms with Crippen molar-refractivity contribution in [2.75, 3.05) is 5.33 Å². The fourth-order valence-corrected chi connectivity index (χ4v) is 4.13. The molecule has 4 rings (SSSR count). The number of rotatable bonds is 7. The number of nitrogens with zero attached hydrogens (tertiary/aromatic N) is 1. The highest BCUT2D eigenvalue weighted by molar-refractivity contribution is 9.09. The average molecular weight is 420 g/mol. The van der Waals surface area contributed by atoms with Crippen molar-refractivity contribution in [2.24, 2.45) is 0 Å². The van der Waals surface area contributed by atoms with Crippen LogP contribution in [0.3, 0.4) is 0 Å². The van der Waals surface area contributed by atoms with Crippen molar-refractivity contribution in [3.63, 3.8) is 0 Å². The normalized spacial score (nSPS) is 11.3. The lowest BCUT2D eigenvalue weighted by Gasteiger charge is -2.05. The Kier molecular flexibility index (Phi) is 5.40. The van der Waals surface area contributed by atoms with Crippen molar-refractivity contribution in [3.8, 4) is 0 Å². The highest BCUT2D eigenvalue weighted by atomic mass is 79.9. The summed E-state index contributed by atoms with van der Waals surface area (Å²) in [5.74, 6) is 0.0993. The molecule has 2 nitrogen and oxygen atoms in total. The van der Waals surface area contributed by atoms with Gasteiger partial charge in [-0.15, -0.1) is 0 Å². The van der Waals surface area contributed by atoms with Gasteiger partial charge in [0.25, 0.3) is 0 Å². The van der Waals surface area contributed by atoms with Gasteiger partial charge in [-0.2, -0.15) is 0 Å². The Morgan fingerprint density at radius 1 is 0.778 bits per heavy atom.